The number of unbranched alkanes of at least 4 members (excludes halogenated alkanes) is 3. The van der Waals surface area contributed by atoms with E-state index < -0.39 is 32.9 Å². The molecular weight excluding hydrogens is 502 g/mol. The van der Waals surface area contributed by atoms with Crippen LogP contribution in [-0.4, -0.2) is 68.6 Å². The number of rotatable bonds is 11. The summed E-state index contributed by atoms with van der Waals surface area (Å²) in [5, 5.41) is 15.3. The highest BCUT2D eigenvalue weighted by Gasteiger charge is 2.77. The summed E-state index contributed by atoms with van der Waals surface area (Å²) in [6, 6.07) is 6.67. The minimum Gasteiger partial charge on any atom is -0.494 e. The van der Waals surface area contributed by atoms with Gasteiger partial charge < -0.3 is 25.4 Å². The van der Waals surface area contributed by atoms with Gasteiger partial charge >= 0.3 is 0 Å². The summed E-state index contributed by atoms with van der Waals surface area (Å²) in [6.45, 7) is 11.1. The van der Waals surface area contributed by atoms with Crippen LogP contribution in [-0.2, 0) is 14.4 Å². The molecule has 2 bridgehead atoms. The number of ether oxygens (including phenoxy) is 1. The van der Waals surface area contributed by atoms with Gasteiger partial charge in [-0.2, -0.15) is 0 Å². The molecule has 3 fully saturated rings. The minimum absolute atomic E-state index is 0.0796. The summed E-state index contributed by atoms with van der Waals surface area (Å²) in [7, 11) is 0. The second-order valence-electron chi connectivity index (χ2n) is 12.1. The van der Waals surface area contributed by atoms with E-state index in [1.54, 1.807) is 16.7 Å². The molecule has 3 heterocycles. The van der Waals surface area contributed by atoms with E-state index in [2.05, 4.69) is 17.6 Å². The van der Waals surface area contributed by atoms with Gasteiger partial charge in [0.2, 0.25) is 17.7 Å². The third kappa shape index (κ3) is 5.41. The molecule has 3 N–H and O–H groups in total. The number of aliphatic hydroxyl groups excluding tert-OH is 1. The van der Waals surface area contributed by atoms with E-state index in [9.17, 15) is 14.4 Å². The maximum atomic E-state index is 14.1. The van der Waals surface area contributed by atoms with E-state index in [1.807, 2.05) is 52.0 Å². The highest BCUT2D eigenvalue weighted by Crippen LogP contribution is 2.71. The average Bonchev–Trinajstić information content (AvgIpc) is 3.40. The number of likely N-dealkylation sites (tertiary alicyclic amines) is 1. The van der Waals surface area contributed by atoms with E-state index in [0.29, 0.717) is 18.8 Å². The van der Waals surface area contributed by atoms with Gasteiger partial charge in [0.05, 0.1) is 23.2 Å². The van der Waals surface area contributed by atoms with Crippen LogP contribution < -0.4 is 15.4 Å². The van der Waals surface area contributed by atoms with E-state index >= 15 is 0 Å². The van der Waals surface area contributed by atoms with Crippen LogP contribution in [0.4, 0.5) is 5.69 Å². The third-order valence-corrected chi connectivity index (χ3v) is 10.0. The first-order chi connectivity index (χ1) is 18.0. The number of carbonyl (C=O) groups excluding carboxylic acids is 3. The molecule has 0 aliphatic carbocycles. The molecule has 1 spiro atoms. The van der Waals surface area contributed by atoms with Crippen LogP contribution in [0.1, 0.15) is 73.1 Å². The number of hydrogen-bond acceptors (Lipinski definition) is 6. The molecule has 3 aliphatic heterocycles. The lowest BCUT2D eigenvalue weighted by molar-refractivity contribution is -0.139. The van der Waals surface area contributed by atoms with Crippen molar-refractivity contribution in [1.82, 2.24) is 10.2 Å². The molecule has 210 valence electrons. The molecule has 3 amide bonds. The fourth-order valence-corrected chi connectivity index (χ4v) is 8.93. The molecule has 9 heteroatoms. The van der Waals surface area contributed by atoms with Crippen molar-refractivity contribution in [3.8, 4) is 5.75 Å². The van der Waals surface area contributed by atoms with E-state index in [4.69, 9.17) is 9.84 Å². The van der Waals surface area contributed by atoms with Gasteiger partial charge in [0, 0.05) is 29.1 Å². The fourth-order valence-electron chi connectivity index (χ4n) is 6.57. The monoisotopic (exact) mass is 545 g/mol. The predicted octanol–water partition coefficient (Wildman–Crippen LogP) is 3.97. The Labute approximate surface area is 230 Å². The summed E-state index contributed by atoms with van der Waals surface area (Å²) in [5.41, 5.74) is 0.231. The number of fused-ring (bicyclic) bond motifs is 1. The Morgan fingerprint density at radius 1 is 1.11 bits per heavy atom. The summed E-state index contributed by atoms with van der Waals surface area (Å²) >= 11 is 1.69. The number of amides is 3. The van der Waals surface area contributed by atoms with Crippen LogP contribution in [0.15, 0.2) is 24.3 Å². The fraction of sp³-hybridized carbons (Fsp3) is 0.690. The van der Waals surface area contributed by atoms with Crippen molar-refractivity contribution in [3.63, 3.8) is 0 Å². The van der Waals surface area contributed by atoms with Gasteiger partial charge in [-0.1, -0.05) is 12.8 Å². The first-order valence-electron chi connectivity index (χ1n) is 13.9. The minimum atomic E-state index is -0.618. The molecule has 0 radical (unpaired) electrons. The summed E-state index contributed by atoms with van der Waals surface area (Å²) in [5.74, 6) is -0.701. The second kappa shape index (κ2) is 11.1. The number of anilines is 1. The van der Waals surface area contributed by atoms with Gasteiger partial charge in [0.15, 0.2) is 0 Å². The third-order valence-electron chi connectivity index (χ3n) is 8.05. The molecule has 0 aromatic heterocycles. The maximum absolute atomic E-state index is 14.1. The highest BCUT2D eigenvalue weighted by molar-refractivity contribution is 8.02. The lowest BCUT2D eigenvalue weighted by atomic mass is 9.66. The van der Waals surface area contributed by atoms with Crippen LogP contribution in [0.25, 0.3) is 0 Å². The van der Waals surface area contributed by atoms with Crippen LogP contribution in [0.2, 0.25) is 0 Å². The Balaban J connectivity index is 1.61. The zero-order valence-corrected chi connectivity index (χ0v) is 24.2. The van der Waals surface area contributed by atoms with E-state index in [-0.39, 0.29) is 24.3 Å². The van der Waals surface area contributed by atoms with Gasteiger partial charge in [0.1, 0.15) is 11.8 Å². The van der Waals surface area contributed by atoms with Gasteiger partial charge in [-0.3, -0.25) is 14.4 Å². The second-order valence-corrected chi connectivity index (χ2v) is 14.0. The molecule has 1 aromatic rings. The highest BCUT2D eigenvalue weighted by atomic mass is 32.2. The number of hydrogen-bond donors (Lipinski definition) is 3. The molecule has 2 unspecified atom stereocenters. The quantitative estimate of drug-likeness (QED) is 0.363. The normalized spacial score (nSPS) is 29.9. The summed E-state index contributed by atoms with van der Waals surface area (Å²) in [6.07, 6.45) is 4.77. The Hall–Kier alpha value is -2.26. The Bertz CT molecular complexity index is 1040. The number of benzene rings is 1. The van der Waals surface area contributed by atoms with Crippen molar-refractivity contribution in [3.05, 3.63) is 24.3 Å². The molecule has 4 rings (SSSR count). The first-order valence-corrected chi connectivity index (χ1v) is 14.7. The zero-order valence-electron chi connectivity index (χ0n) is 23.3. The molecular formula is C29H43N3O5S. The van der Waals surface area contributed by atoms with Gasteiger partial charge in [0.25, 0.3) is 0 Å². The van der Waals surface area contributed by atoms with Crippen molar-refractivity contribution in [2.45, 2.75) is 94.2 Å². The first kappa shape index (κ1) is 28.7. The van der Waals surface area contributed by atoms with Crippen molar-refractivity contribution < 1.29 is 24.2 Å². The van der Waals surface area contributed by atoms with Gasteiger partial charge in [-0.05, 0) is 84.6 Å². The Morgan fingerprint density at radius 2 is 1.79 bits per heavy atom. The lowest BCUT2D eigenvalue weighted by Crippen LogP contribution is -2.57. The van der Waals surface area contributed by atoms with Crippen LogP contribution >= 0.6 is 11.8 Å². The van der Waals surface area contributed by atoms with Crippen LogP contribution in [0, 0.1) is 11.8 Å². The van der Waals surface area contributed by atoms with Gasteiger partial charge in [-0.15, -0.1) is 11.8 Å². The topological polar surface area (TPSA) is 108 Å². The van der Waals surface area contributed by atoms with Crippen LogP contribution in [0.3, 0.4) is 0 Å². The summed E-state index contributed by atoms with van der Waals surface area (Å²) < 4.78 is 4.48. The lowest BCUT2D eigenvalue weighted by Gasteiger charge is -2.36. The molecule has 3 saturated heterocycles. The van der Waals surface area contributed by atoms with Crippen LogP contribution in [0.5, 0.6) is 5.75 Å². The maximum Gasteiger partial charge on any atom is 0.244 e. The van der Waals surface area contributed by atoms with Gasteiger partial charge in [-0.25, -0.2) is 0 Å². The van der Waals surface area contributed by atoms with Crippen molar-refractivity contribution >= 4 is 35.2 Å². The number of nitrogens with zero attached hydrogens (tertiary/aromatic N) is 1. The SMILES string of the molecule is CCOc1ccc(NC(=O)[C@H]2[C@H]3C(=O)N(CCCCCCO)C(C(=O)NC(C)(C)C)C34CC[C@]2(C)S4)cc1. The van der Waals surface area contributed by atoms with Crippen molar-refractivity contribution in [2.75, 3.05) is 25.1 Å². The molecule has 38 heavy (non-hydrogen) atoms. The standard InChI is InChI=1S/C29H43N3O5S/c1-6-37-20-13-11-19(12-14-20)30-24(34)21-22-26(36)32(17-9-7-8-10-18-33)23(25(35)31-27(2,3)4)29(22)16-15-28(21,5)38-29/h11-14,21-23,33H,6-10,15-18H2,1-5H3,(H,30,34)(H,31,35)/t21-,22+,23?,28+,29?/m1/s1. The number of nitrogens with one attached hydrogen (secondary N) is 2. The van der Waals surface area contributed by atoms with E-state index in [1.165, 1.54) is 0 Å². The van der Waals surface area contributed by atoms with E-state index in [0.717, 1.165) is 44.3 Å². The molecule has 1 aromatic carbocycles. The van der Waals surface area contributed by atoms with Crippen molar-refractivity contribution in [2.24, 2.45) is 11.8 Å². The Morgan fingerprint density at radius 3 is 2.42 bits per heavy atom. The average molecular weight is 546 g/mol. The molecule has 0 saturated carbocycles. The zero-order chi connectivity index (χ0) is 27.7. The largest absolute Gasteiger partial charge is 0.494 e. The smallest absolute Gasteiger partial charge is 0.244 e. The summed E-state index contributed by atoms with van der Waals surface area (Å²) in [4.78, 5) is 43.4. The number of thioether (sulfide) groups is 1. The Kier molecular flexibility index (Phi) is 8.38. The molecule has 8 nitrogen and oxygen atoms in total. The number of aliphatic hydroxyl groups is 1. The predicted molar refractivity (Wildman–Crippen MR) is 150 cm³/mol. The molecule has 3 aliphatic rings. The van der Waals surface area contributed by atoms with Crippen molar-refractivity contribution in [1.29, 1.82) is 0 Å². The molecule has 5 atom stereocenters. The number of carbonyl (C=O) groups is 3.